The van der Waals surface area contributed by atoms with Crippen LogP contribution in [0.2, 0.25) is 0 Å². The van der Waals surface area contributed by atoms with Gasteiger partial charge in [0.15, 0.2) is 5.17 Å². The number of para-hydroxylation sites is 1. The van der Waals surface area contributed by atoms with Gasteiger partial charge in [-0.3, -0.25) is 4.99 Å². The number of amidine groups is 1. The Balaban J connectivity index is 1.75. The van der Waals surface area contributed by atoms with Gasteiger partial charge in [-0.2, -0.15) is 0 Å². The number of hydrogen-bond donors (Lipinski definition) is 2. The van der Waals surface area contributed by atoms with Crippen molar-refractivity contribution in [1.82, 2.24) is 5.32 Å². The number of nitrogens with zero attached hydrogens (tertiary/aromatic N) is 1. The Labute approximate surface area is 137 Å². The predicted octanol–water partition coefficient (Wildman–Crippen LogP) is 4.31. The molecule has 0 atom stereocenters. The fraction of sp³-hybridized carbons (Fsp3) is 0.611. The molecule has 0 aromatic heterocycles. The SMILES string of the molecule is CC1CCC2(CC1)SC(=NCc1ccccc1O)NC2(C)C. The Morgan fingerprint density at radius 2 is 1.95 bits per heavy atom. The molecule has 0 unspecified atom stereocenters. The Bertz CT molecular complexity index is 574. The maximum Gasteiger partial charge on any atom is 0.157 e. The van der Waals surface area contributed by atoms with Crippen LogP contribution >= 0.6 is 11.8 Å². The van der Waals surface area contributed by atoms with E-state index in [2.05, 4.69) is 26.1 Å². The van der Waals surface area contributed by atoms with E-state index in [0.29, 0.717) is 12.3 Å². The zero-order valence-electron chi connectivity index (χ0n) is 13.7. The van der Waals surface area contributed by atoms with Crippen molar-refractivity contribution >= 4 is 16.9 Å². The van der Waals surface area contributed by atoms with Gasteiger partial charge in [0, 0.05) is 15.8 Å². The molecule has 2 fully saturated rings. The van der Waals surface area contributed by atoms with E-state index in [1.165, 1.54) is 25.7 Å². The van der Waals surface area contributed by atoms with E-state index < -0.39 is 0 Å². The van der Waals surface area contributed by atoms with E-state index in [4.69, 9.17) is 4.99 Å². The van der Waals surface area contributed by atoms with Crippen molar-refractivity contribution in [3.63, 3.8) is 0 Å². The number of phenolic OH excluding ortho intramolecular Hbond substituents is 1. The van der Waals surface area contributed by atoms with Crippen molar-refractivity contribution in [3.05, 3.63) is 29.8 Å². The minimum absolute atomic E-state index is 0.0787. The molecule has 22 heavy (non-hydrogen) atoms. The van der Waals surface area contributed by atoms with Gasteiger partial charge in [0.25, 0.3) is 0 Å². The smallest absolute Gasteiger partial charge is 0.157 e. The van der Waals surface area contributed by atoms with E-state index in [1.807, 2.05) is 30.0 Å². The summed E-state index contributed by atoms with van der Waals surface area (Å²) in [6, 6.07) is 7.44. The first-order valence-electron chi connectivity index (χ1n) is 8.20. The first kappa shape index (κ1) is 15.7. The summed E-state index contributed by atoms with van der Waals surface area (Å²) in [5, 5.41) is 14.5. The number of hydrogen-bond acceptors (Lipinski definition) is 3. The van der Waals surface area contributed by atoms with Crippen molar-refractivity contribution in [2.45, 2.75) is 63.3 Å². The maximum atomic E-state index is 9.86. The molecule has 1 aromatic carbocycles. The fourth-order valence-corrected chi connectivity index (χ4v) is 5.10. The Morgan fingerprint density at radius 3 is 2.64 bits per heavy atom. The number of thioether (sulfide) groups is 1. The molecule has 3 rings (SSSR count). The molecule has 1 aromatic rings. The highest BCUT2D eigenvalue weighted by Crippen LogP contribution is 2.52. The maximum absolute atomic E-state index is 9.86. The van der Waals surface area contributed by atoms with Gasteiger partial charge in [0.1, 0.15) is 5.75 Å². The zero-order valence-corrected chi connectivity index (χ0v) is 14.5. The van der Waals surface area contributed by atoms with E-state index in [9.17, 15) is 5.11 Å². The molecule has 1 spiro atoms. The topological polar surface area (TPSA) is 44.6 Å². The number of rotatable bonds is 2. The number of aromatic hydroxyl groups is 1. The standard InChI is InChI=1S/C18H26N2OS/c1-13-8-10-18(11-9-13)17(2,3)20-16(22-18)19-12-14-6-4-5-7-15(14)21/h4-7,13,21H,8-12H2,1-3H3,(H,19,20). The molecule has 1 aliphatic carbocycles. The second-order valence-corrected chi connectivity index (χ2v) is 8.65. The van der Waals surface area contributed by atoms with Gasteiger partial charge in [-0.1, -0.05) is 36.9 Å². The molecule has 0 amide bonds. The lowest BCUT2D eigenvalue weighted by Gasteiger charge is -2.43. The molecule has 3 nitrogen and oxygen atoms in total. The third-order valence-electron chi connectivity index (χ3n) is 5.32. The van der Waals surface area contributed by atoms with Gasteiger partial charge in [0.2, 0.25) is 0 Å². The molecule has 1 saturated heterocycles. The summed E-state index contributed by atoms with van der Waals surface area (Å²) >= 11 is 1.93. The van der Waals surface area contributed by atoms with Gasteiger partial charge in [-0.25, -0.2) is 0 Å². The quantitative estimate of drug-likeness (QED) is 0.854. The van der Waals surface area contributed by atoms with Crippen LogP contribution in [0.4, 0.5) is 0 Å². The van der Waals surface area contributed by atoms with Gasteiger partial charge in [-0.15, -0.1) is 0 Å². The van der Waals surface area contributed by atoms with Crippen molar-refractivity contribution in [3.8, 4) is 5.75 Å². The van der Waals surface area contributed by atoms with Crippen LogP contribution in [0, 0.1) is 5.92 Å². The molecule has 2 aliphatic rings. The van der Waals surface area contributed by atoms with E-state index in [-0.39, 0.29) is 10.3 Å². The van der Waals surface area contributed by atoms with Crippen LogP contribution in [-0.4, -0.2) is 20.6 Å². The fourth-order valence-electron chi connectivity index (χ4n) is 3.55. The highest BCUT2D eigenvalue weighted by Gasteiger charge is 2.53. The van der Waals surface area contributed by atoms with Gasteiger partial charge >= 0.3 is 0 Å². The zero-order chi connectivity index (χ0) is 15.8. The van der Waals surface area contributed by atoms with Crippen LogP contribution in [0.25, 0.3) is 0 Å². The molecule has 0 radical (unpaired) electrons. The minimum Gasteiger partial charge on any atom is -0.508 e. The first-order valence-corrected chi connectivity index (χ1v) is 9.02. The van der Waals surface area contributed by atoms with Crippen molar-refractivity contribution in [2.75, 3.05) is 0 Å². The van der Waals surface area contributed by atoms with Gasteiger partial charge < -0.3 is 10.4 Å². The monoisotopic (exact) mass is 318 g/mol. The number of phenols is 1. The van der Waals surface area contributed by atoms with Gasteiger partial charge in [0.05, 0.1) is 6.54 Å². The Morgan fingerprint density at radius 1 is 1.27 bits per heavy atom. The summed E-state index contributed by atoms with van der Waals surface area (Å²) in [5.41, 5.74) is 0.962. The molecule has 2 N–H and O–H groups in total. The summed E-state index contributed by atoms with van der Waals surface area (Å²) < 4.78 is 0.275. The third kappa shape index (κ3) is 2.85. The van der Waals surface area contributed by atoms with Crippen LogP contribution < -0.4 is 5.32 Å². The lowest BCUT2D eigenvalue weighted by atomic mass is 9.73. The van der Waals surface area contributed by atoms with Crippen LogP contribution in [0.3, 0.4) is 0 Å². The summed E-state index contributed by atoms with van der Waals surface area (Å²) in [5.74, 6) is 1.18. The van der Waals surface area contributed by atoms with E-state index in [1.54, 1.807) is 6.07 Å². The highest BCUT2D eigenvalue weighted by atomic mass is 32.2. The Kier molecular flexibility index (Phi) is 4.15. The predicted molar refractivity (Wildman–Crippen MR) is 94.4 cm³/mol. The lowest BCUT2D eigenvalue weighted by Crippen LogP contribution is -2.52. The van der Waals surface area contributed by atoms with Crippen molar-refractivity contribution < 1.29 is 5.11 Å². The average Bonchev–Trinajstić information content (AvgIpc) is 2.72. The first-order chi connectivity index (χ1) is 10.4. The van der Waals surface area contributed by atoms with Crippen LogP contribution in [-0.2, 0) is 6.54 Å². The van der Waals surface area contributed by atoms with Gasteiger partial charge in [-0.05, 0) is 51.5 Å². The molecule has 1 aliphatic heterocycles. The number of aliphatic imine (C=N–C) groups is 1. The highest BCUT2D eigenvalue weighted by molar-refractivity contribution is 8.15. The summed E-state index contributed by atoms with van der Waals surface area (Å²) in [6.45, 7) is 7.50. The average molecular weight is 318 g/mol. The molecule has 120 valence electrons. The second-order valence-electron chi connectivity index (χ2n) is 7.28. The molecule has 1 heterocycles. The molecule has 1 saturated carbocycles. The van der Waals surface area contributed by atoms with Crippen molar-refractivity contribution in [1.29, 1.82) is 0 Å². The minimum atomic E-state index is 0.0787. The number of nitrogens with one attached hydrogen (secondary N) is 1. The third-order valence-corrected chi connectivity index (χ3v) is 7.05. The van der Waals surface area contributed by atoms with E-state index >= 15 is 0 Å². The van der Waals surface area contributed by atoms with Crippen LogP contribution in [0.1, 0.15) is 52.0 Å². The normalized spacial score (nSPS) is 32.3. The second kappa shape index (κ2) is 5.80. The van der Waals surface area contributed by atoms with Crippen LogP contribution in [0.5, 0.6) is 5.75 Å². The Hall–Kier alpha value is -1.16. The number of benzene rings is 1. The summed E-state index contributed by atoms with van der Waals surface area (Å²) in [7, 11) is 0. The molecule has 4 heteroatoms. The summed E-state index contributed by atoms with van der Waals surface area (Å²) in [6.07, 6.45) is 5.14. The molecule has 0 bridgehead atoms. The lowest BCUT2D eigenvalue weighted by molar-refractivity contribution is 0.231. The summed E-state index contributed by atoms with van der Waals surface area (Å²) in [4.78, 5) is 4.73. The van der Waals surface area contributed by atoms with Crippen LogP contribution in [0.15, 0.2) is 29.3 Å². The van der Waals surface area contributed by atoms with Crippen molar-refractivity contribution in [2.24, 2.45) is 10.9 Å². The molecular formula is C18H26N2OS. The largest absolute Gasteiger partial charge is 0.508 e. The molecular weight excluding hydrogens is 292 g/mol. The van der Waals surface area contributed by atoms with E-state index in [0.717, 1.165) is 16.6 Å².